The Morgan fingerprint density at radius 2 is 1.88 bits per heavy atom. The Labute approximate surface area is 139 Å². The van der Waals surface area contributed by atoms with Crippen LogP contribution in [0.3, 0.4) is 0 Å². The fraction of sp³-hybridized carbons (Fsp3) is 0.278. The van der Waals surface area contributed by atoms with E-state index in [1.54, 1.807) is 12.1 Å². The molecule has 122 valence electrons. The molecule has 1 aromatic carbocycles. The Balaban J connectivity index is 1.79. The molecule has 0 aliphatic heterocycles. The first-order valence-electron chi connectivity index (χ1n) is 8.13. The number of benzene rings is 1. The SMILES string of the molecule is NCCCn1ncc2c1-c1nc(-c3ccc(F)cc3)ncc1CC2. The average Bonchev–Trinajstić information content (AvgIpc) is 3.04. The molecule has 2 heterocycles. The first kappa shape index (κ1) is 15.0. The van der Waals surface area contributed by atoms with E-state index in [4.69, 9.17) is 10.7 Å². The van der Waals surface area contributed by atoms with Gasteiger partial charge >= 0.3 is 0 Å². The molecule has 5 nitrogen and oxygen atoms in total. The van der Waals surface area contributed by atoms with Gasteiger partial charge in [-0.15, -0.1) is 0 Å². The lowest BCUT2D eigenvalue weighted by molar-refractivity contribution is 0.588. The predicted molar refractivity (Wildman–Crippen MR) is 89.7 cm³/mol. The number of hydrogen-bond acceptors (Lipinski definition) is 4. The third-order valence-corrected chi connectivity index (χ3v) is 4.34. The lowest BCUT2D eigenvalue weighted by atomic mass is 9.95. The van der Waals surface area contributed by atoms with E-state index in [2.05, 4.69) is 10.1 Å². The van der Waals surface area contributed by atoms with Gasteiger partial charge in [-0.05, 0) is 55.6 Å². The summed E-state index contributed by atoms with van der Waals surface area (Å²) in [5.41, 5.74) is 10.8. The minimum Gasteiger partial charge on any atom is -0.330 e. The van der Waals surface area contributed by atoms with Crippen LogP contribution in [0.15, 0.2) is 36.7 Å². The van der Waals surface area contributed by atoms with Crippen LogP contribution in [-0.2, 0) is 19.4 Å². The second-order valence-electron chi connectivity index (χ2n) is 5.96. The molecule has 2 N–H and O–H groups in total. The van der Waals surface area contributed by atoms with Crippen LogP contribution in [0.25, 0.3) is 22.8 Å². The maximum Gasteiger partial charge on any atom is 0.159 e. The van der Waals surface area contributed by atoms with Gasteiger partial charge in [0.1, 0.15) is 5.82 Å². The van der Waals surface area contributed by atoms with E-state index in [1.165, 1.54) is 17.7 Å². The van der Waals surface area contributed by atoms with Gasteiger partial charge in [0.25, 0.3) is 0 Å². The van der Waals surface area contributed by atoms with Crippen LogP contribution in [0.5, 0.6) is 0 Å². The monoisotopic (exact) mass is 323 g/mol. The predicted octanol–water partition coefficient (Wildman–Crippen LogP) is 2.59. The van der Waals surface area contributed by atoms with Gasteiger partial charge in [0.05, 0.1) is 17.6 Å². The highest BCUT2D eigenvalue weighted by Crippen LogP contribution is 2.33. The van der Waals surface area contributed by atoms with Crippen molar-refractivity contribution in [3.63, 3.8) is 0 Å². The Kier molecular flexibility index (Phi) is 3.82. The Morgan fingerprint density at radius 1 is 1.08 bits per heavy atom. The van der Waals surface area contributed by atoms with Crippen molar-refractivity contribution in [1.82, 2.24) is 19.7 Å². The first-order valence-corrected chi connectivity index (χ1v) is 8.13. The summed E-state index contributed by atoms with van der Waals surface area (Å²) in [5.74, 6) is 0.340. The zero-order chi connectivity index (χ0) is 16.5. The zero-order valence-electron chi connectivity index (χ0n) is 13.2. The summed E-state index contributed by atoms with van der Waals surface area (Å²) in [4.78, 5) is 9.23. The summed E-state index contributed by atoms with van der Waals surface area (Å²) in [7, 11) is 0. The number of nitrogens with two attached hydrogens (primary N) is 1. The second-order valence-corrected chi connectivity index (χ2v) is 5.96. The fourth-order valence-corrected chi connectivity index (χ4v) is 3.09. The summed E-state index contributed by atoms with van der Waals surface area (Å²) in [5, 5.41) is 4.50. The van der Waals surface area contributed by atoms with E-state index >= 15 is 0 Å². The molecule has 1 aliphatic carbocycles. The Hall–Kier alpha value is -2.60. The summed E-state index contributed by atoms with van der Waals surface area (Å²) in [6.07, 6.45) is 6.54. The molecule has 0 bridgehead atoms. The van der Waals surface area contributed by atoms with Crippen molar-refractivity contribution in [3.05, 3.63) is 53.6 Å². The van der Waals surface area contributed by atoms with Gasteiger partial charge in [0, 0.05) is 23.9 Å². The zero-order valence-corrected chi connectivity index (χ0v) is 13.2. The molecule has 0 fully saturated rings. The van der Waals surface area contributed by atoms with Gasteiger partial charge < -0.3 is 5.73 Å². The number of nitrogens with zero attached hydrogens (tertiary/aromatic N) is 4. The number of aryl methyl sites for hydroxylation is 3. The van der Waals surface area contributed by atoms with Crippen LogP contribution in [0, 0.1) is 5.82 Å². The fourth-order valence-electron chi connectivity index (χ4n) is 3.09. The maximum atomic E-state index is 13.1. The van der Waals surface area contributed by atoms with Crippen molar-refractivity contribution in [1.29, 1.82) is 0 Å². The molecule has 0 amide bonds. The Morgan fingerprint density at radius 3 is 2.67 bits per heavy atom. The second kappa shape index (κ2) is 6.13. The first-order chi connectivity index (χ1) is 11.8. The molecule has 6 heteroatoms. The highest BCUT2D eigenvalue weighted by Gasteiger charge is 2.23. The molecule has 4 rings (SSSR count). The summed E-state index contributed by atoms with van der Waals surface area (Å²) < 4.78 is 15.1. The van der Waals surface area contributed by atoms with Crippen molar-refractivity contribution in [2.45, 2.75) is 25.8 Å². The number of halogens is 1. The van der Waals surface area contributed by atoms with Crippen molar-refractivity contribution in [2.75, 3.05) is 6.54 Å². The highest BCUT2D eigenvalue weighted by molar-refractivity contribution is 5.68. The number of hydrogen-bond donors (Lipinski definition) is 1. The molecule has 0 radical (unpaired) electrons. The third kappa shape index (κ3) is 2.59. The average molecular weight is 323 g/mol. The van der Waals surface area contributed by atoms with Crippen molar-refractivity contribution >= 4 is 0 Å². The van der Waals surface area contributed by atoms with Crippen LogP contribution in [0.1, 0.15) is 17.5 Å². The standard InChI is InChI=1S/C18H18FN5/c19-15-6-4-12(5-7-15)18-21-10-13-2-3-14-11-22-24(9-1-8-20)17(14)16(13)23-18/h4-7,10-11H,1-3,8-9,20H2. The quantitative estimate of drug-likeness (QED) is 0.801. The molecule has 24 heavy (non-hydrogen) atoms. The maximum absolute atomic E-state index is 13.1. The molecular weight excluding hydrogens is 305 g/mol. The number of rotatable bonds is 4. The van der Waals surface area contributed by atoms with Gasteiger partial charge in [0.15, 0.2) is 5.82 Å². The lowest BCUT2D eigenvalue weighted by Gasteiger charge is -2.18. The van der Waals surface area contributed by atoms with Crippen LogP contribution in [0.2, 0.25) is 0 Å². The molecule has 0 atom stereocenters. The van der Waals surface area contributed by atoms with Crippen molar-refractivity contribution in [2.24, 2.45) is 5.73 Å². The van der Waals surface area contributed by atoms with Crippen LogP contribution in [0.4, 0.5) is 4.39 Å². The molecule has 1 aliphatic rings. The van der Waals surface area contributed by atoms with Gasteiger partial charge in [0.2, 0.25) is 0 Å². The number of aromatic nitrogens is 4. The minimum atomic E-state index is -0.265. The lowest BCUT2D eigenvalue weighted by Crippen LogP contribution is -2.13. The van der Waals surface area contributed by atoms with Crippen molar-refractivity contribution in [3.8, 4) is 22.8 Å². The number of fused-ring (bicyclic) bond motifs is 3. The topological polar surface area (TPSA) is 69.6 Å². The smallest absolute Gasteiger partial charge is 0.159 e. The molecule has 0 saturated carbocycles. The van der Waals surface area contributed by atoms with Gasteiger partial charge in [-0.2, -0.15) is 5.10 Å². The van der Waals surface area contributed by atoms with E-state index in [9.17, 15) is 4.39 Å². The van der Waals surface area contributed by atoms with Crippen molar-refractivity contribution < 1.29 is 4.39 Å². The molecule has 2 aromatic heterocycles. The molecule has 0 saturated heterocycles. The summed E-state index contributed by atoms with van der Waals surface area (Å²) >= 11 is 0. The largest absolute Gasteiger partial charge is 0.330 e. The molecule has 0 spiro atoms. The van der Waals surface area contributed by atoms with Gasteiger partial charge in [-0.1, -0.05) is 0 Å². The molecular formula is C18H18FN5. The molecule has 0 unspecified atom stereocenters. The summed E-state index contributed by atoms with van der Waals surface area (Å²) in [6.45, 7) is 1.41. The van der Waals surface area contributed by atoms with E-state index in [0.717, 1.165) is 48.3 Å². The van der Waals surface area contributed by atoms with E-state index in [0.29, 0.717) is 12.4 Å². The van der Waals surface area contributed by atoms with Gasteiger partial charge in [-0.25, -0.2) is 14.4 Å². The van der Waals surface area contributed by atoms with Crippen LogP contribution < -0.4 is 5.73 Å². The molecule has 3 aromatic rings. The Bertz CT molecular complexity index is 870. The third-order valence-electron chi connectivity index (χ3n) is 4.34. The van der Waals surface area contributed by atoms with E-state index < -0.39 is 0 Å². The van der Waals surface area contributed by atoms with E-state index in [-0.39, 0.29) is 5.82 Å². The van der Waals surface area contributed by atoms with Gasteiger partial charge in [-0.3, -0.25) is 4.68 Å². The normalized spacial score (nSPS) is 12.8. The van der Waals surface area contributed by atoms with Crippen LogP contribution in [-0.4, -0.2) is 26.3 Å². The summed E-state index contributed by atoms with van der Waals surface area (Å²) in [6, 6.07) is 6.25. The highest BCUT2D eigenvalue weighted by atomic mass is 19.1. The van der Waals surface area contributed by atoms with E-state index in [1.807, 2.05) is 17.1 Å². The van der Waals surface area contributed by atoms with Crippen LogP contribution >= 0.6 is 0 Å². The minimum absolute atomic E-state index is 0.265.